The molecule has 2 N–H and O–H groups in total. The highest BCUT2D eigenvalue weighted by molar-refractivity contribution is 7.93. The number of nitrogens with one attached hydrogen (secondary N) is 2. The van der Waals surface area contributed by atoms with E-state index < -0.39 is 31.7 Å². The molecule has 0 unspecified atom stereocenters. The quantitative estimate of drug-likeness (QED) is 0.423. The molecule has 0 saturated carbocycles. The molecule has 10 heteroatoms. The summed E-state index contributed by atoms with van der Waals surface area (Å²) in [4.78, 5) is -0.470. The van der Waals surface area contributed by atoms with Gasteiger partial charge in [0.15, 0.2) is 0 Å². The maximum Gasteiger partial charge on any atom is 0.262 e. The number of benzene rings is 4. The van der Waals surface area contributed by atoms with Crippen molar-refractivity contribution >= 4 is 42.2 Å². The van der Waals surface area contributed by atoms with Crippen LogP contribution in [0.1, 0.15) is 0 Å². The Labute approximate surface area is 183 Å². The molecule has 0 bridgehead atoms. The van der Waals surface area contributed by atoms with Crippen LogP contribution in [0, 0.1) is 11.6 Å². The fourth-order valence-electron chi connectivity index (χ4n) is 3.21. The zero-order valence-corrected chi connectivity index (χ0v) is 17.9. The molecule has 0 atom stereocenters. The maximum atomic E-state index is 14.0. The maximum absolute atomic E-state index is 14.0. The highest BCUT2D eigenvalue weighted by Gasteiger charge is 2.23. The molecule has 0 aliphatic heterocycles. The summed E-state index contributed by atoms with van der Waals surface area (Å²) in [6, 6.07) is 18.8. The van der Waals surface area contributed by atoms with Crippen LogP contribution in [0.15, 0.2) is 94.7 Å². The molecule has 0 aromatic heterocycles. The second kappa shape index (κ2) is 8.21. The zero-order valence-electron chi connectivity index (χ0n) is 16.3. The molecule has 4 aromatic carbocycles. The molecule has 164 valence electrons. The molecule has 0 fully saturated rings. The van der Waals surface area contributed by atoms with Crippen molar-refractivity contribution in [3.8, 4) is 0 Å². The van der Waals surface area contributed by atoms with E-state index in [1.54, 1.807) is 0 Å². The van der Waals surface area contributed by atoms with Gasteiger partial charge in [0.2, 0.25) is 0 Å². The standard InChI is InChI=1S/C22H16F2N2O4S2/c23-17-9-1-3-11-19(17)25-31(27,28)21-13-5-8-16-15(21)7-6-14-22(16)32(29,30)26-20-12-4-2-10-18(20)24/h1-14,25-26H. The van der Waals surface area contributed by atoms with Crippen LogP contribution in [0.2, 0.25) is 0 Å². The lowest BCUT2D eigenvalue weighted by atomic mass is 10.1. The van der Waals surface area contributed by atoms with E-state index in [9.17, 15) is 25.6 Å². The van der Waals surface area contributed by atoms with Gasteiger partial charge >= 0.3 is 0 Å². The first-order valence-electron chi connectivity index (χ1n) is 9.25. The average molecular weight is 475 g/mol. The summed E-state index contributed by atoms with van der Waals surface area (Å²) < 4.78 is 84.2. The summed E-state index contributed by atoms with van der Waals surface area (Å²) in [7, 11) is -8.51. The molecular formula is C22H16F2N2O4S2. The summed E-state index contributed by atoms with van der Waals surface area (Å²) in [5.74, 6) is -1.51. The van der Waals surface area contributed by atoms with Gasteiger partial charge in [-0.2, -0.15) is 0 Å². The summed E-state index contributed by atoms with van der Waals surface area (Å²) in [6.07, 6.45) is 0. The highest BCUT2D eigenvalue weighted by atomic mass is 32.2. The first-order valence-corrected chi connectivity index (χ1v) is 12.2. The predicted octanol–water partition coefficient (Wildman–Crippen LogP) is 4.72. The van der Waals surface area contributed by atoms with Gasteiger partial charge in [0.05, 0.1) is 21.2 Å². The van der Waals surface area contributed by atoms with E-state index in [1.807, 2.05) is 0 Å². The van der Waals surface area contributed by atoms with Gasteiger partial charge in [-0.3, -0.25) is 9.44 Å². The first-order chi connectivity index (χ1) is 15.2. The summed E-state index contributed by atoms with van der Waals surface area (Å²) in [6.45, 7) is 0. The van der Waals surface area contributed by atoms with E-state index in [0.29, 0.717) is 0 Å². The van der Waals surface area contributed by atoms with Crippen LogP contribution in [0.3, 0.4) is 0 Å². The highest BCUT2D eigenvalue weighted by Crippen LogP contribution is 2.31. The van der Waals surface area contributed by atoms with Gasteiger partial charge in [-0.25, -0.2) is 25.6 Å². The van der Waals surface area contributed by atoms with Crippen LogP contribution in [0.4, 0.5) is 20.2 Å². The number of hydrogen-bond acceptors (Lipinski definition) is 4. The SMILES string of the molecule is O=S(=O)(Nc1ccccc1F)c1cccc2c(S(=O)(=O)Nc3ccccc3F)cccc12. The van der Waals surface area contributed by atoms with Crippen LogP contribution in [-0.4, -0.2) is 16.8 Å². The third-order valence-electron chi connectivity index (χ3n) is 4.66. The number of halogens is 2. The molecule has 0 aliphatic rings. The summed E-state index contributed by atoms with van der Waals surface area (Å²) >= 11 is 0. The van der Waals surface area contributed by atoms with Crippen LogP contribution >= 0.6 is 0 Å². The summed E-state index contributed by atoms with van der Waals surface area (Å²) in [5.41, 5.74) is -0.482. The molecule has 32 heavy (non-hydrogen) atoms. The second-order valence-corrected chi connectivity index (χ2v) is 10.1. The number of sulfonamides is 2. The molecule has 0 radical (unpaired) electrons. The van der Waals surface area contributed by atoms with Crippen molar-refractivity contribution in [3.63, 3.8) is 0 Å². The molecule has 0 saturated heterocycles. The molecule has 0 spiro atoms. The lowest BCUT2D eigenvalue weighted by molar-refractivity contribution is 0.597. The first kappa shape index (κ1) is 21.7. The number of para-hydroxylation sites is 2. The Bertz CT molecular complexity index is 1420. The number of fused-ring (bicyclic) bond motifs is 1. The summed E-state index contributed by atoms with van der Waals surface area (Å²) in [5, 5.41) is 0.209. The fraction of sp³-hybridized carbons (Fsp3) is 0. The van der Waals surface area contributed by atoms with Crippen molar-refractivity contribution in [1.82, 2.24) is 0 Å². The van der Waals surface area contributed by atoms with Crippen LogP contribution in [-0.2, 0) is 20.0 Å². The van der Waals surface area contributed by atoms with E-state index in [-0.39, 0.29) is 31.9 Å². The Morgan fingerprint density at radius 2 is 0.875 bits per heavy atom. The molecule has 0 aliphatic carbocycles. The minimum absolute atomic E-state index is 0.104. The Morgan fingerprint density at radius 3 is 1.25 bits per heavy atom. The van der Waals surface area contributed by atoms with E-state index >= 15 is 0 Å². The lowest BCUT2D eigenvalue weighted by Gasteiger charge is -2.14. The van der Waals surface area contributed by atoms with Crippen LogP contribution < -0.4 is 9.44 Å². The average Bonchev–Trinajstić information content (AvgIpc) is 2.76. The van der Waals surface area contributed by atoms with Gasteiger partial charge in [0, 0.05) is 10.8 Å². The van der Waals surface area contributed by atoms with Gasteiger partial charge in [0.25, 0.3) is 20.0 Å². The van der Waals surface area contributed by atoms with Crippen LogP contribution in [0.5, 0.6) is 0 Å². The molecule has 6 nitrogen and oxygen atoms in total. The van der Waals surface area contributed by atoms with Crippen LogP contribution in [0.25, 0.3) is 10.8 Å². The Morgan fingerprint density at radius 1 is 0.500 bits per heavy atom. The van der Waals surface area contributed by atoms with Crippen molar-refractivity contribution in [2.75, 3.05) is 9.44 Å². The van der Waals surface area contributed by atoms with Crippen molar-refractivity contribution in [2.45, 2.75) is 9.79 Å². The molecule has 4 aromatic rings. The fourth-order valence-corrected chi connectivity index (χ4v) is 5.79. The van der Waals surface area contributed by atoms with Crippen molar-refractivity contribution in [2.24, 2.45) is 0 Å². The van der Waals surface area contributed by atoms with Gasteiger partial charge in [-0.1, -0.05) is 48.5 Å². The second-order valence-electron chi connectivity index (χ2n) is 6.78. The van der Waals surface area contributed by atoms with Gasteiger partial charge in [0.1, 0.15) is 11.6 Å². The Kier molecular flexibility index (Phi) is 5.57. The third-order valence-corrected chi connectivity index (χ3v) is 7.50. The van der Waals surface area contributed by atoms with Crippen molar-refractivity contribution < 1.29 is 25.6 Å². The van der Waals surface area contributed by atoms with Crippen molar-refractivity contribution in [1.29, 1.82) is 0 Å². The van der Waals surface area contributed by atoms with E-state index in [0.717, 1.165) is 12.1 Å². The third kappa shape index (κ3) is 4.14. The monoisotopic (exact) mass is 474 g/mol. The molecule has 0 amide bonds. The zero-order chi connectivity index (χ0) is 22.9. The molecule has 4 rings (SSSR count). The van der Waals surface area contributed by atoms with E-state index in [4.69, 9.17) is 0 Å². The van der Waals surface area contributed by atoms with E-state index in [2.05, 4.69) is 9.44 Å². The van der Waals surface area contributed by atoms with E-state index in [1.165, 1.54) is 72.8 Å². The number of hydrogen-bond donors (Lipinski definition) is 2. The largest absolute Gasteiger partial charge is 0.277 e. The van der Waals surface area contributed by atoms with Gasteiger partial charge in [-0.05, 0) is 36.4 Å². The number of anilines is 2. The topological polar surface area (TPSA) is 92.3 Å². The predicted molar refractivity (Wildman–Crippen MR) is 118 cm³/mol. The Hall–Kier alpha value is -3.50. The lowest BCUT2D eigenvalue weighted by Crippen LogP contribution is -2.16. The Balaban J connectivity index is 1.81. The smallest absolute Gasteiger partial charge is 0.262 e. The minimum Gasteiger partial charge on any atom is -0.277 e. The van der Waals surface area contributed by atoms with Gasteiger partial charge < -0.3 is 0 Å². The minimum atomic E-state index is -4.26. The number of rotatable bonds is 6. The normalized spacial score (nSPS) is 11.9. The molecule has 0 heterocycles. The van der Waals surface area contributed by atoms with Crippen molar-refractivity contribution in [3.05, 3.63) is 96.6 Å². The van der Waals surface area contributed by atoms with Gasteiger partial charge in [-0.15, -0.1) is 0 Å². The molecular weight excluding hydrogens is 458 g/mol.